The SMILES string of the molecule is C/C=C(\C)C(=O)O[C@@H]1[C@@H]2OC[C@]3(C)[C@H](OC(C)=O)C[C@H](O)[C@@](C)([C@@H]23)[C@H]2C[C@H](O)O[C@H]3C[C@@H](c4ccoc4)C(C)=C3[C@]12C. The number of aliphatic hydroxyl groups is 2. The molecule has 42 heavy (non-hydrogen) atoms. The van der Waals surface area contributed by atoms with Crippen LogP contribution in [0.4, 0.5) is 0 Å². The third-order valence-corrected chi connectivity index (χ3v) is 11.9. The first-order valence-electron chi connectivity index (χ1n) is 15.2. The van der Waals surface area contributed by atoms with Crippen molar-refractivity contribution in [1.82, 2.24) is 0 Å². The van der Waals surface area contributed by atoms with Crippen LogP contribution in [0.1, 0.15) is 79.2 Å². The first-order chi connectivity index (χ1) is 19.8. The summed E-state index contributed by atoms with van der Waals surface area (Å²) in [5.74, 6) is -1.51. The van der Waals surface area contributed by atoms with Crippen molar-refractivity contribution in [3.05, 3.63) is 47.0 Å². The number of aliphatic hydroxyl groups excluding tert-OH is 2. The topological polar surface area (TPSA) is 125 Å². The van der Waals surface area contributed by atoms with Gasteiger partial charge in [-0.25, -0.2) is 4.79 Å². The van der Waals surface area contributed by atoms with Crippen molar-refractivity contribution in [3.63, 3.8) is 0 Å². The number of ether oxygens (including phenoxy) is 4. The molecule has 0 spiro atoms. The van der Waals surface area contributed by atoms with Crippen LogP contribution in [-0.2, 0) is 28.5 Å². The van der Waals surface area contributed by atoms with Gasteiger partial charge >= 0.3 is 11.9 Å². The lowest BCUT2D eigenvalue weighted by Crippen LogP contribution is -2.72. The lowest BCUT2D eigenvalue weighted by Gasteiger charge is -2.66. The molecule has 2 aliphatic heterocycles. The molecule has 3 aliphatic carbocycles. The van der Waals surface area contributed by atoms with E-state index in [0.29, 0.717) is 18.6 Å². The van der Waals surface area contributed by atoms with Gasteiger partial charge in [0.1, 0.15) is 12.2 Å². The molecule has 4 fully saturated rings. The van der Waals surface area contributed by atoms with Crippen LogP contribution in [0.25, 0.3) is 0 Å². The van der Waals surface area contributed by atoms with Crippen LogP contribution < -0.4 is 0 Å². The minimum atomic E-state index is -1.08. The van der Waals surface area contributed by atoms with Gasteiger partial charge in [-0.2, -0.15) is 0 Å². The predicted molar refractivity (Wildman–Crippen MR) is 151 cm³/mol. The maximum atomic E-state index is 13.5. The normalized spacial score (nSPS) is 46.4. The van der Waals surface area contributed by atoms with Gasteiger partial charge in [-0.05, 0) is 50.3 Å². The summed E-state index contributed by atoms with van der Waals surface area (Å²) < 4.78 is 30.8. The van der Waals surface area contributed by atoms with Gasteiger partial charge < -0.3 is 33.6 Å². The fourth-order valence-corrected chi connectivity index (χ4v) is 9.91. The molecular weight excluding hydrogens is 540 g/mol. The van der Waals surface area contributed by atoms with Crippen LogP contribution in [0.2, 0.25) is 0 Å². The molecule has 1 aromatic heterocycles. The molecule has 2 saturated heterocycles. The Hall–Kier alpha value is -2.46. The van der Waals surface area contributed by atoms with E-state index in [0.717, 1.165) is 16.7 Å². The quantitative estimate of drug-likeness (QED) is 0.300. The van der Waals surface area contributed by atoms with E-state index < -0.39 is 65.0 Å². The second kappa shape index (κ2) is 10.0. The van der Waals surface area contributed by atoms with Crippen molar-refractivity contribution in [1.29, 1.82) is 0 Å². The second-order valence-electron chi connectivity index (χ2n) is 13.9. The number of hydrogen-bond acceptors (Lipinski definition) is 9. The Balaban J connectivity index is 1.58. The summed E-state index contributed by atoms with van der Waals surface area (Å²) in [4.78, 5) is 25.7. The fraction of sp³-hybridized carbons (Fsp3) is 0.697. The predicted octanol–water partition coefficient (Wildman–Crippen LogP) is 4.43. The molecule has 0 bridgehead atoms. The molecular formula is C33H44O9. The summed E-state index contributed by atoms with van der Waals surface area (Å²) in [6.07, 6.45) is 2.01. The molecule has 0 amide bonds. The largest absolute Gasteiger partial charge is 0.472 e. The Kier molecular flexibility index (Phi) is 7.08. The van der Waals surface area contributed by atoms with Gasteiger partial charge in [-0.15, -0.1) is 0 Å². The maximum absolute atomic E-state index is 13.5. The Morgan fingerprint density at radius 3 is 2.48 bits per heavy atom. The lowest BCUT2D eigenvalue weighted by molar-refractivity contribution is -0.258. The molecule has 6 rings (SSSR count). The van der Waals surface area contributed by atoms with Crippen LogP contribution in [0.15, 0.2) is 45.8 Å². The minimum absolute atomic E-state index is 0.00469. The highest BCUT2D eigenvalue weighted by atomic mass is 16.6. The number of hydrogen-bond donors (Lipinski definition) is 2. The molecule has 9 heteroatoms. The first-order valence-corrected chi connectivity index (χ1v) is 15.2. The molecule has 5 aliphatic rings. The number of carbonyl (C=O) groups excluding carboxylic acids is 2. The highest BCUT2D eigenvalue weighted by molar-refractivity contribution is 5.87. The number of esters is 2. The van der Waals surface area contributed by atoms with Crippen LogP contribution in [-0.4, -0.2) is 65.6 Å². The first kappa shape index (κ1) is 29.6. The summed E-state index contributed by atoms with van der Waals surface area (Å²) in [5.41, 5.74) is 1.35. The number of furan rings is 1. The summed E-state index contributed by atoms with van der Waals surface area (Å²) in [6.45, 7) is 13.5. The van der Waals surface area contributed by atoms with Crippen molar-refractivity contribution in [2.75, 3.05) is 6.61 Å². The van der Waals surface area contributed by atoms with Crippen molar-refractivity contribution in [3.8, 4) is 0 Å². The highest BCUT2D eigenvalue weighted by Gasteiger charge is 2.77. The van der Waals surface area contributed by atoms with E-state index in [9.17, 15) is 19.8 Å². The monoisotopic (exact) mass is 584 g/mol. The molecule has 230 valence electrons. The molecule has 1 aromatic rings. The van der Waals surface area contributed by atoms with Gasteiger partial charge in [0.2, 0.25) is 0 Å². The summed E-state index contributed by atoms with van der Waals surface area (Å²) in [6, 6.07) is 1.95. The Bertz CT molecular complexity index is 1310. The van der Waals surface area contributed by atoms with Crippen LogP contribution in [0, 0.1) is 28.1 Å². The zero-order valence-corrected chi connectivity index (χ0v) is 25.6. The molecule has 2 saturated carbocycles. The smallest absolute Gasteiger partial charge is 0.333 e. The molecule has 0 unspecified atom stereocenters. The number of carbonyl (C=O) groups is 2. The van der Waals surface area contributed by atoms with E-state index in [1.54, 1.807) is 32.4 Å². The Morgan fingerprint density at radius 2 is 1.83 bits per heavy atom. The van der Waals surface area contributed by atoms with Gasteiger partial charge in [0.15, 0.2) is 6.29 Å². The van der Waals surface area contributed by atoms with Crippen molar-refractivity contribution in [2.24, 2.45) is 28.1 Å². The molecule has 0 aromatic carbocycles. The third-order valence-electron chi connectivity index (χ3n) is 11.9. The summed E-state index contributed by atoms with van der Waals surface area (Å²) in [5, 5.41) is 23.4. The Labute approximate surface area is 247 Å². The number of fused-ring (bicyclic) bond motifs is 4. The van der Waals surface area contributed by atoms with Crippen LogP contribution in [0.3, 0.4) is 0 Å². The fourth-order valence-electron chi connectivity index (χ4n) is 9.91. The number of rotatable bonds is 4. The van der Waals surface area contributed by atoms with Crippen molar-refractivity contribution < 1.29 is 43.2 Å². The standard InChI is InChI=1S/C33H44O9/c1-8-16(2)30(37)42-29-27-28-31(5,15-39-27)24(40-18(4)34)13-23(35)32(28,6)22-12-25(36)41-21-11-20(19-9-10-38-14-19)17(3)26(21)33(22,29)7/h8-10,14,20-25,27-29,35-36H,11-13,15H2,1-7H3/b16-8+/t20-,21+,22-,23+,24-,25-,27-,28+,29-,31-,32+,33-/m1/s1. The van der Waals surface area contributed by atoms with Gasteiger partial charge in [-0.3, -0.25) is 4.79 Å². The Morgan fingerprint density at radius 1 is 1.10 bits per heavy atom. The van der Waals surface area contributed by atoms with Gasteiger partial charge in [0.25, 0.3) is 0 Å². The summed E-state index contributed by atoms with van der Waals surface area (Å²) >= 11 is 0. The second-order valence-corrected chi connectivity index (χ2v) is 13.9. The van der Waals surface area contributed by atoms with Crippen LogP contribution in [0.5, 0.6) is 0 Å². The number of allylic oxidation sites excluding steroid dienone is 2. The highest BCUT2D eigenvalue weighted by Crippen LogP contribution is 2.72. The zero-order valence-electron chi connectivity index (χ0n) is 25.6. The average Bonchev–Trinajstić information content (AvgIpc) is 3.64. The van der Waals surface area contributed by atoms with Crippen molar-refractivity contribution >= 4 is 11.9 Å². The van der Waals surface area contributed by atoms with E-state index in [-0.39, 0.29) is 30.6 Å². The zero-order chi connectivity index (χ0) is 30.4. The lowest BCUT2D eigenvalue weighted by atomic mass is 9.39. The molecule has 2 N–H and O–H groups in total. The van der Waals surface area contributed by atoms with E-state index >= 15 is 0 Å². The van der Waals surface area contributed by atoms with Gasteiger partial charge in [0.05, 0.1) is 37.4 Å². The molecule has 3 heterocycles. The van der Waals surface area contributed by atoms with Crippen molar-refractivity contribution in [2.45, 2.75) is 110 Å². The van der Waals surface area contributed by atoms with E-state index in [4.69, 9.17) is 23.4 Å². The molecule has 0 radical (unpaired) electrons. The average molecular weight is 585 g/mol. The van der Waals surface area contributed by atoms with Gasteiger partial charge in [-0.1, -0.05) is 32.4 Å². The van der Waals surface area contributed by atoms with E-state index in [2.05, 4.69) is 27.7 Å². The summed E-state index contributed by atoms with van der Waals surface area (Å²) in [7, 11) is 0. The molecule has 12 atom stereocenters. The van der Waals surface area contributed by atoms with E-state index in [1.165, 1.54) is 6.92 Å². The van der Waals surface area contributed by atoms with Crippen LogP contribution >= 0.6 is 0 Å². The molecule has 9 nitrogen and oxygen atoms in total. The minimum Gasteiger partial charge on any atom is -0.472 e. The van der Waals surface area contributed by atoms with Gasteiger partial charge in [0, 0.05) is 53.4 Å². The third kappa shape index (κ3) is 3.96. The van der Waals surface area contributed by atoms with E-state index in [1.807, 2.05) is 6.07 Å². The maximum Gasteiger partial charge on any atom is 0.333 e.